The van der Waals surface area contributed by atoms with Crippen molar-refractivity contribution in [2.24, 2.45) is 0 Å². The Balaban J connectivity index is 2.36. The lowest BCUT2D eigenvalue weighted by Gasteiger charge is -2.10. The van der Waals surface area contributed by atoms with Crippen molar-refractivity contribution in [2.45, 2.75) is 12.8 Å². The number of aryl methyl sites for hydroxylation is 1. The van der Waals surface area contributed by atoms with Crippen LogP contribution >= 0.6 is 50.7 Å². The van der Waals surface area contributed by atoms with Crippen molar-refractivity contribution in [1.29, 1.82) is 0 Å². The summed E-state index contributed by atoms with van der Waals surface area (Å²) in [5.41, 5.74) is 1.76. The Labute approximate surface area is 134 Å². The molecule has 0 fully saturated rings. The van der Waals surface area contributed by atoms with E-state index >= 15 is 0 Å². The van der Waals surface area contributed by atoms with E-state index in [1.807, 2.05) is 13.0 Å². The van der Waals surface area contributed by atoms with Crippen molar-refractivity contribution >= 4 is 50.7 Å². The Hall–Kier alpha value is -0.480. The van der Waals surface area contributed by atoms with Crippen LogP contribution in [-0.2, 0) is 5.88 Å². The second kappa shape index (κ2) is 6.31. The number of nitrogens with zero attached hydrogens (tertiary/aromatic N) is 1. The van der Waals surface area contributed by atoms with E-state index in [0.29, 0.717) is 32.0 Å². The van der Waals surface area contributed by atoms with Crippen LogP contribution in [0.3, 0.4) is 0 Å². The Morgan fingerprint density at radius 1 is 1.16 bits per heavy atom. The molecule has 0 spiro atoms. The molecule has 2 nitrogen and oxygen atoms in total. The highest BCUT2D eigenvalue weighted by Gasteiger charge is 2.09. The molecule has 0 saturated carbocycles. The highest BCUT2D eigenvalue weighted by Crippen LogP contribution is 2.36. The number of rotatable bonds is 3. The van der Waals surface area contributed by atoms with Gasteiger partial charge in [-0.25, -0.2) is 4.98 Å². The van der Waals surface area contributed by atoms with Gasteiger partial charge in [-0.1, -0.05) is 23.2 Å². The summed E-state index contributed by atoms with van der Waals surface area (Å²) in [7, 11) is 0. The zero-order chi connectivity index (χ0) is 14.0. The molecule has 19 heavy (non-hydrogen) atoms. The molecule has 1 aromatic heterocycles. The molecule has 0 amide bonds. The van der Waals surface area contributed by atoms with Crippen molar-refractivity contribution in [3.63, 3.8) is 0 Å². The number of benzene rings is 1. The van der Waals surface area contributed by atoms with Crippen molar-refractivity contribution in [2.75, 3.05) is 0 Å². The molecule has 0 N–H and O–H groups in total. The van der Waals surface area contributed by atoms with Crippen molar-refractivity contribution in [3.05, 3.63) is 50.0 Å². The maximum atomic E-state index is 6.10. The predicted molar refractivity (Wildman–Crippen MR) is 82.8 cm³/mol. The van der Waals surface area contributed by atoms with Gasteiger partial charge in [0.2, 0.25) is 5.88 Å². The molecular formula is C13H9BrCl3NO. The molecular weight excluding hydrogens is 372 g/mol. The molecule has 0 radical (unpaired) electrons. The van der Waals surface area contributed by atoms with Gasteiger partial charge in [0.1, 0.15) is 5.75 Å². The maximum absolute atomic E-state index is 6.10. The van der Waals surface area contributed by atoms with Gasteiger partial charge in [0.25, 0.3) is 0 Å². The Kier molecular flexibility index (Phi) is 4.96. The first-order valence-corrected chi connectivity index (χ1v) is 7.44. The fourth-order valence-corrected chi connectivity index (χ4v) is 2.52. The topological polar surface area (TPSA) is 22.1 Å². The first-order valence-electron chi connectivity index (χ1n) is 5.35. The summed E-state index contributed by atoms with van der Waals surface area (Å²) in [5, 5.41) is 0.969. The van der Waals surface area contributed by atoms with Gasteiger partial charge < -0.3 is 4.74 Å². The SMILES string of the molecule is Cc1cc(CCl)cc(Oc2cc(Cl)c(Br)cc2Cl)n1. The van der Waals surface area contributed by atoms with Gasteiger partial charge in [-0.05, 0) is 40.5 Å². The lowest BCUT2D eigenvalue weighted by molar-refractivity contribution is 0.461. The molecule has 0 bridgehead atoms. The Morgan fingerprint density at radius 3 is 2.58 bits per heavy atom. The van der Waals surface area contributed by atoms with Gasteiger partial charge in [-0.15, -0.1) is 11.6 Å². The molecule has 1 aromatic carbocycles. The van der Waals surface area contributed by atoms with Gasteiger partial charge in [-0.2, -0.15) is 0 Å². The minimum Gasteiger partial charge on any atom is -0.437 e. The molecule has 0 aliphatic heterocycles. The maximum Gasteiger partial charge on any atom is 0.219 e. The highest BCUT2D eigenvalue weighted by molar-refractivity contribution is 9.10. The molecule has 2 aromatic rings. The molecule has 6 heteroatoms. The summed E-state index contributed by atoms with van der Waals surface area (Å²) in [4.78, 5) is 4.28. The fourth-order valence-electron chi connectivity index (χ4n) is 1.53. The van der Waals surface area contributed by atoms with E-state index in [4.69, 9.17) is 39.5 Å². The standard InChI is InChI=1S/C13H9BrCl3NO/c1-7-2-8(6-15)3-13(18-7)19-12-5-10(16)9(14)4-11(12)17/h2-5H,6H2,1H3. The van der Waals surface area contributed by atoms with Gasteiger partial charge in [0.15, 0.2) is 0 Å². The van der Waals surface area contributed by atoms with Crippen LogP contribution in [0.5, 0.6) is 11.6 Å². The van der Waals surface area contributed by atoms with Crippen molar-refractivity contribution < 1.29 is 4.74 Å². The van der Waals surface area contributed by atoms with Crippen molar-refractivity contribution in [3.8, 4) is 11.6 Å². The summed E-state index contributed by atoms with van der Waals surface area (Å²) in [6, 6.07) is 6.98. The number of hydrogen-bond donors (Lipinski definition) is 0. The van der Waals surface area contributed by atoms with E-state index < -0.39 is 0 Å². The molecule has 1 heterocycles. The van der Waals surface area contributed by atoms with Gasteiger partial charge in [0.05, 0.1) is 10.0 Å². The summed E-state index contributed by atoms with van der Waals surface area (Å²) >= 11 is 21.2. The molecule has 0 saturated heterocycles. The van der Waals surface area contributed by atoms with Crippen LogP contribution in [0.1, 0.15) is 11.3 Å². The van der Waals surface area contributed by atoms with Crippen LogP contribution < -0.4 is 4.74 Å². The lowest BCUT2D eigenvalue weighted by atomic mass is 10.2. The Bertz CT molecular complexity index is 619. The zero-order valence-electron chi connectivity index (χ0n) is 9.88. The van der Waals surface area contributed by atoms with E-state index in [1.165, 1.54) is 0 Å². The van der Waals surface area contributed by atoms with Crippen LogP contribution in [0.4, 0.5) is 0 Å². The van der Waals surface area contributed by atoms with Crippen LogP contribution in [-0.4, -0.2) is 4.98 Å². The van der Waals surface area contributed by atoms with E-state index in [2.05, 4.69) is 20.9 Å². The van der Waals surface area contributed by atoms with E-state index in [0.717, 1.165) is 11.3 Å². The number of ether oxygens (including phenoxy) is 1. The second-order valence-corrected chi connectivity index (χ2v) is 5.82. The van der Waals surface area contributed by atoms with Gasteiger partial charge >= 0.3 is 0 Å². The fraction of sp³-hybridized carbons (Fsp3) is 0.154. The first-order chi connectivity index (χ1) is 8.99. The van der Waals surface area contributed by atoms with Crippen LogP contribution in [0, 0.1) is 6.92 Å². The monoisotopic (exact) mass is 379 g/mol. The number of pyridine rings is 1. The average molecular weight is 381 g/mol. The third-order valence-electron chi connectivity index (χ3n) is 2.33. The predicted octanol–water partition coefficient (Wildman–Crippen LogP) is 5.99. The molecule has 0 unspecified atom stereocenters. The lowest BCUT2D eigenvalue weighted by Crippen LogP contribution is -1.93. The van der Waals surface area contributed by atoms with Crippen LogP contribution in [0.25, 0.3) is 0 Å². The normalized spacial score (nSPS) is 10.6. The van der Waals surface area contributed by atoms with Gasteiger partial charge in [-0.3, -0.25) is 0 Å². The summed E-state index contributed by atoms with van der Waals surface area (Å²) < 4.78 is 6.37. The number of halogens is 4. The van der Waals surface area contributed by atoms with E-state index in [-0.39, 0.29) is 0 Å². The number of hydrogen-bond acceptors (Lipinski definition) is 2. The quantitative estimate of drug-likeness (QED) is 0.481. The largest absolute Gasteiger partial charge is 0.437 e. The minimum atomic E-state index is 0.397. The minimum absolute atomic E-state index is 0.397. The Morgan fingerprint density at radius 2 is 1.89 bits per heavy atom. The third kappa shape index (κ3) is 3.76. The van der Waals surface area contributed by atoms with E-state index in [9.17, 15) is 0 Å². The molecule has 0 atom stereocenters. The van der Waals surface area contributed by atoms with Crippen LogP contribution in [0.2, 0.25) is 10.0 Å². The molecule has 0 aliphatic carbocycles. The second-order valence-electron chi connectivity index (χ2n) is 3.89. The first kappa shape index (κ1) is 14.9. The summed E-state index contributed by atoms with van der Waals surface area (Å²) in [6.07, 6.45) is 0. The van der Waals surface area contributed by atoms with E-state index in [1.54, 1.807) is 18.2 Å². The van der Waals surface area contributed by atoms with Gasteiger partial charge in [0, 0.05) is 28.2 Å². The molecule has 2 rings (SSSR count). The highest BCUT2D eigenvalue weighted by atomic mass is 79.9. The molecule has 100 valence electrons. The third-order valence-corrected chi connectivity index (χ3v) is 4.13. The van der Waals surface area contributed by atoms with Crippen LogP contribution in [0.15, 0.2) is 28.7 Å². The summed E-state index contributed by atoms with van der Waals surface area (Å²) in [6.45, 7) is 1.87. The smallest absolute Gasteiger partial charge is 0.219 e. The number of alkyl halides is 1. The average Bonchev–Trinajstić information content (AvgIpc) is 2.35. The molecule has 0 aliphatic rings. The van der Waals surface area contributed by atoms with Crippen molar-refractivity contribution in [1.82, 2.24) is 4.98 Å². The zero-order valence-corrected chi connectivity index (χ0v) is 13.7. The summed E-state index contributed by atoms with van der Waals surface area (Å²) in [5.74, 6) is 1.29. The number of aromatic nitrogens is 1.